The summed E-state index contributed by atoms with van der Waals surface area (Å²) in [4.78, 5) is 26.7. The zero-order valence-electron chi connectivity index (χ0n) is 18.0. The van der Waals surface area contributed by atoms with Crippen molar-refractivity contribution in [2.24, 2.45) is 0 Å². The summed E-state index contributed by atoms with van der Waals surface area (Å²) >= 11 is 0. The number of hydrogen-bond donors (Lipinski definition) is 1. The lowest BCUT2D eigenvalue weighted by atomic mass is 10.1. The summed E-state index contributed by atoms with van der Waals surface area (Å²) in [5.41, 5.74) is 3.18. The van der Waals surface area contributed by atoms with E-state index < -0.39 is 0 Å². The Morgan fingerprint density at radius 1 is 1.03 bits per heavy atom. The number of hydrogen-bond acceptors (Lipinski definition) is 4. The number of aryl methyl sites for hydroxylation is 1. The minimum absolute atomic E-state index is 0.0591. The molecule has 0 saturated carbocycles. The maximum atomic E-state index is 12.7. The summed E-state index contributed by atoms with van der Waals surface area (Å²) in [5.74, 6) is 0.837. The van der Waals surface area contributed by atoms with Crippen LogP contribution in [0.3, 0.4) is 0 Å². The fraction of sp³-hybridized carbons (Fsp3) is 0.440. The highest BCUT2D eigenvalue weighted by atomic mass is 16.5. The molecule has 0 bridgehead atoms. The van der Waals surface area contributed by atoms with Crippen LogP contribution in [0.2, 0.25) is 0 Å². The molecule has 2 aliphatic rings. The van der Waals surface area contributed by atoms with Crippen LogP contribution in [0, 0.1) is 0 Å². The quantitative estimate of drug-likeness (QED) is 0.742. The number of fused-ring (bicyclic) bond motifs is 1. The van der Waals surface area contributed by atoms with E-state index in [1.807, 2.05) is 41.3 Å². The van der Waals surface area contributed by atoms with Crippen LogP contribution in [-0.4, -0.2) is 49.6 Å². The second kappa shape index (κ2) is 9.96. The Kier molecular flexibility index (Phi) is 6.87. The van der Waals surface area contributed by atoms with Gasteiger partial charge in [-0.15, -0.1) is 0 Å². The number of benzene rings is 2. The van der Waals surface area contributed by atoms with Crippen molar-refractivity contribution in [1.29, 1.82) is 0 Å². The molecule has 1 heterocycles. The van der Waals surface area contributed by atoms with Gasteiger partial charge in [0, 0.05) is 38.6 Å². The van der Waals surface area contributed by atoms with E-state index in [-0.39, 0.29) is 24.0 Å². The molecule has 1 saturated heterocycles. The van der Waals surface area contributed by atoms with Crippen molar-refractivity contribution in [3.63, 3.8) is 0 Å². The Morgan fingerprint density at radius 2 is 1.77 bits per heavy atom. The molecule has 2 aromatic rings. The van der Waals surface area contributed by atoms with E-state index in [4.69, 9.17) is 9.47 Å². The third-order valence-electron chi connectivity index (χ3n) is 6.17. The van der Waals surface area contributed by atoms with Gasteiger partial charge in [-0.1, -0.05) is 24.3 Å². The van der Waals surface area contributed by atoms with Gasteiger partial charge in [0.05, 0.1) is 19.1 Å². The number of nitrogens with zero attached hydrogens (tertiary/aromatic N) is 1. The molecular weight excluding hydrogens is 392 g/mol. The van der Waals surface area contributed by atoms with Crippen molar-refractivity contribution in [3.05, 3.63) is 65.2 Å². The van der Waals surface area contributed by atoms with Gasteiger partial charge >= 0.3 is 0 Å². The molecule has 2 aromatic carbocycles. The van der Waals surface area contributed by atoms with Crippen molar-refractivity contribution >= 4 is 11.8 Å². The first-order chi connectivity index (χ1) is 15.1. The first-order valence-electron chi connectivity index (χ1n) is 11.1. The standard InChI is InChI=1S/C25H30N2O4/c1-30-17-14-24(28)27-15-12-21(13-16-27)31-20-9-6-19(7-10-20)25(29)26-23-11-8-18-4-2-3-5-22(18)23/h2-7,9-10,21,23H,8,11-17H2,1H3,(H,26,29)/t23-/m1/s1. The monoisotopic (exact) mass is 422 g/mol. The molecule has 1 aliphatic heterocycles. The molecule has 1 N–H and O–H groups in total. The van der Waals surface area contributed by atoms with E-state index in [0.29, 0.717) is 31.7 Å². The van der Waals surface area contributed by atoms with Crippen LogP contribution in [0.25, 0.3) is 0 Å². The molecule has 6 heteroatoms. The van der Waals surface area contributed by atoms with Gasteiger partial charge < -0.3 is 19.7 Å². The summed E-state index contributed by atoms with van der Waals surface area (Å²) in [6, 6.07) is 15.7. The predicted octanol–water partition coefficient (Wildman–Crippen LogP) is 3.51. The Labute approximate surface area is 183 Å². The average Bonchev–Trinajstić information content (AvgIpc) is 3.21. The number of rotatable bonds is 7. The zero-order valence-corrected chi connectivity index (χ0v) is 18.0. The van der Waals surface area contributed by atoms with E-state index in [1.165, 1.54) is 11.1 Å². The first kappa shape index (κ1) is 21.4. The molecule has 2 amide bonds. The summed E-state index contributed by atoms with van der Waals surface area (Å²) in [7, 11) is 1.61. The smallest absolute Gasteiger partial charge is 0.251 e. The SMILES string of the molecule is COCCC(=O)N1CCC(Oc2ccc(C(=O)N[C@@H]3CCc4ccccc43)cc2)CC1. The lowest BCUT2D eigenvalue weighted by Crippen LogP contribution is -2.42. The fourth-order valence-corrected chi connectivity index (χ4v) is 4.40. The van der Waals surface area contributed by atoms with E-state index in [0.717, 1.165) is 31.4 Å². The number of amides is 2. The largest absolute Gasteiger partial charge is 0.490 e. The molecule has 0 radical (unpaired) electrons. The van der Waals surface area contributed by atoms with E-state index in [2.05, 4.69) is 17.4 Å². The van der Waals surface area contributed by atoms with E-state index >= 15 is 0 Å². The van der Waals surface area contributed by atoms with Gasteiger partial charge in [0.15, 0.2) is 0 Å². The molecule has 1 fully saturated rings. The van der Waals surface area contributed by atoms with E-state index in [1.54, 1.807) is 7.11 Å². The molecule has 4 rings (SSSR count). The van der Waals surface area contributed by atoms with Crippen molar-refractivity contribution in [3.8, 4) is 5.75 Å². The van der Waals surface area contributed by atoms with Gasteiger partial charge in [-0.2, -0.15) is 0 Å². The molecule has 0 unspecified atom stereocenters. The van der Waals surface area contributed by atoms with Crippen LogP contribution in [0.5, 0.6) is 5.75 Å². The summed E-state index contributed by atoms with van der Waals surface area (Å²) < 4.78 is 11.1. The van der Waals surface area contributed by atoms with Gasteiger partial charge in [-0.25, -0.2) is 0 Å². The third kappa shape index (κ3) is 5.25. The van der Waals surface area contributed by atoms with Gasteiger partial charge in [0.2, 0.25) is 5.91 Å². The number of ether oxygens (including phenoxy) is 2. The van der Waals surface area contributed by atoms with E-state index in [9.17, 15) is 9.59 Å². The van der Waals surface area contributed by atoms with Gasteiger partial charge in [-0.05, 0) is 48.2 Å². The maximum absolute atomic E-state index is 12.7. The predicted molar refractivity (Wildman–Crippen MR) is 118 cm³/mol. The van der Waals surface area contributed by atoms with Gasteiger partial charge in [0.1, 0.15) is 11.9 Å². The number of methoxy groups -OCH3 is 1. The van der Waals surface area contributed by atoms with Crippen LogP contribution in [-0.2, 0) is 16.0 Å². The second-order valence-corrected chi connectivity index (χ2v) is 8.23. The van der Waals surface area contributed by atoms with Crippen molar-refractivity contribution < 1.29 is 19.1 Å². The zero-order chi connectivity index (χ0) is 21.6. The highest BCUT2D eigenvalue weighted by Crippen LogP contribution is 2.31. The number of piperidine rings is 1. The van der Waals surface area contributed by atoms with Gasteiger partial charge in [-0.3, -0.25) is 9.59 Å². The lowest BCUT2D eigenvalue weighted by molar-refractivity contribution is -0.133. The Balaban J connectivity index is 1.26. The van der Waals surface area contributed by atoms with Crippen molar-refractivity contribution in [2.75, 3.05) is 26.8 Å². The highest BCUT2D eigenvalue weighted by molar-refractivity contribution is 5.94. The minimum atomic E-state index is -0.0591. The molecule has 31 heavy (non-hydrogen) atoms. The van der Waals surface area contributed by atoms with Crippen LogP contribution < -0.4 is 10.1 Å². The molecule has 0 aromatic heterocycles. The summed E-state index contributed by atoms with van der Waals surface area (Å²) in [5, 5.41) is 3.16. The lowest BCUT2D eigenvalue weighted by Gasteiger charge is -2.32. The molecular formula is C25H30N2O4. The Morgan fingerprint density at radius 3 is 2.52 bits per heavy atom. The van der Waals surface area contributed by atoms with Crippen molar-refractivity contribution in [1.82, 2.24) is 10.2 Å². The fourth-order valence-electron chi connectivity index (χ4n) is 4.40. The van der Waals surface area contributed by atoms with Crippen LogP contribution >= 0.6 is 0 Å². The van der Waals surface area contributed by atoms with Crippen LogP contribution in [0.4, 0.5) is 0 Å². The minimum Gasteiger partial charge on any atom is -0.490 e. The Bertz CT molecular complexity index is 904. The number of carbonyl (C=O) groups excluding carboxylic acids is 2. The molecule has 6 nitrogen and oxygen atoms in total. The number of likely N-dealkylation sites (tertiary alicyclic amines) is 1. The number of carbonyl (C=O) groups is 2. The number of nitrogens with one attached hydrogen (secondary N) is 1. The molecule has 164 valence electrons. The molecule has 1 atom stereocenters. The van der Waals surface area contributed by atoms with Gasteiger partial charge in [0.25, 0.3) is 5.91 Å². The maximum Gasteiger partial charge on any atom is 0.251 e. The summed E-state index contributed by atoms with van der Waals surface area (Å²) in [6.07, 6.45) is 4.08. The highest BCUT2D eigenvalue weighted by Gasteiger charge is 2.25. The third-order valence-corrected chi connectivity index (χ3v) is 6.17. The first-order valence-corrected chi connectivity index (χ1v) is 11.1. The average molecular weight is 423 g/mol. The second-order valence-electron chi connectivity index (χ2n) is 8.23. The molecule has 1 aliphatic carbocycles. The summed E-state index contributed by atoms with van der Waals surface area (Å²) in [6.45, 7) is 1.87. The Hall–Kier alpha value is -2.86. The topological polar surface area (TPSA) is 67.9 Å². The van der Waals surface area contributed by atoms with Crippen LogP contribution in [0.15, 0.2) is 48.5 Å². The normalized spacial score (nSPS) is 18.5. The molecule has 0 spiro atoms. The van der Waals surface area contributed by atoms with Crippen molar-refractivity contribution in [2.45, 2.75) is 44.2 Å². The van der Waals surface area contributed by atoms with Crippen LogP contribution in [0.1, 0.15) is 53.2 Å².